The Hall–Kier alpha value is -2.30. The Morgan fingerprint density at radius 2 is 1.69 bits per heavy atom. The van der Waals surface area contributed by atoms with Gasteiger partial charge in [-0.15, -0.1) is 5.43 Å². The number of amides is 1. The fourth-order valence-corrected chi connectivity index (χ4v) is 4.60. The van der Waals surface area contributed by atoms with Gasteiger partial charge >= 0.3 is 5.97 Å². The largest absolute Gasteiger partial charge is 0.744 e. The maximum Gasteiger partial charge on any atom is 0.302 e. The van der Waals surface area contributed by atoms with Crippen molar-refractivity contribution in [3.05, 3.63) is 44.9 Å². The molecule has 29 heavy (non-hydrogen) atoms. The highest BCUT2D eigenvalue weighted by molar-refractivity contribution is 7.85. The smallest absolute Gasteiger partial charge is 0.302 e. The summed E-state index contributed by atoms with van der Waals surface area (Å²) >= 11 is 1.53. The van der Waals surface area contributed by atoms with Gasteiger partial charge < -0.3 is 9.29 Å². The van der Waals surface area contributed by atoms with E-state index in [2.05, 4.69) is 5.43 Å². The molecule has 2 aromatic rings. The van der Waals surface area contributed by atoms with Gasteiger partial charge in [0.05, 0.1) is 16.4 Å². The average molecular weight is 443 g/mol. The van der Waals surface area contributed by atoms with E-state index in [1.165, 1.54) is 25.2 Å². The fraction of sp³-hybridized carbons (Fsp3) is 0.421. The van der Waals surface area contributed by atoms with Crippen molar-refractivity contribution in [2.75, 3.05) is 12.0 Å². The van der Waals surface area contributed by atoms with Crippen molar-refractivity contribution in [3.8, 4) is 0 Å². The van der Waals surface area contributed by atoms with Crippen LogP contribution in [0.1, 0.15) is 41.1 Å². The molecule has 10 heteroatoms. The number of nitrogens with zero attached hydrogens (tertiary/aromatic N) is 1. The molecule has 1 N–H and O–H groups in total. The number of carbonyl (C=O) groups excluding carboxylic acids is 2. The van der Waals surface area contributed by atoms with E-state index in [9.17, 15) is 22.6 Å². The van der Waals surface area contributed by atoms with Gasteiger partial charge in [-0.25, -0.2) is 8.42 Å². The fourth-order valence-electron chi connectivity index (χ4n) is 2.78. The molecule has 160 valence electrons. The van der Waals surface area contributed by atoms with Gasteiger partial charge in [-0.1, -0.05) is 33.7 Å². The van der Waals surface area contributed by atoms with Gasteiger partial charge in [-0.05, 0) is 31.9 Å². The number of rotatable bonds is 5. The minimum Gasteiger partial charge on any atom is -0.744 e. The second kappa shape index (κ2) is 10.5. The molecule has 0 aliphatic heterocycles. The van der Waals surface area contributed by atoms with Crippen molar-refractivity contribution in [3.63, 3.8) is 0 Å². The Morgan fingerprint density at radius 3 is 2.14 bits per heavy atom. The molecule has 8 nitrogen and oxygen atoms in total. The van der Waals surface area contributed by atoms with Crippen LogP contribution in [0.15, 0.2) is 22.5 Å². The molecule has 1 aromatic heterocycles. The van der Waals surface area contributed by atoms with Crippen LogP contribution >= 0.6 is 11.3 Å². The molecule has 0 aliphatic carbocycles. The van der Waals surface area contributed by atoms with E-state index in [1.807, 2.05) is 19.4 Å². The predicted octanol–water partition coefficient (Wildman–Crippen LogP) is 2.06. The van der Waals surface area contributed by atoms with Crippen molar-refractivity contribution >= 4 is 33.3 Å². The maximum absolute atomic E-state index is 10.9. The zero-order valence-corrected chi connectivity index (χ0v) is 19.0. The number of nitrogens with one attached hydrogen (secondary N) is 1. The summed E-state index contributed by atoms with van der Waals surface area (Å²) in [7, 11) is -4.33. The number of carbonyl (C=O) groups is 2. The average Bonchev–Trinajstić information content (AvgIpc) is 2.85. The lowest BCUT2D eigenvalue weighted by atomic mass is 10.1. The van der Waals surface area contributed by atoms with Crippen molar-refractivity contribution < 1.29 is 32.0 Å². The number of thiazole rings is 1. The predicted molar refractivity (Wildman–Crippen MR) is 108 cm³/mol. The van der Waals surface area contributed by atoms with Crippen molar-refractivity contribution in [1.82, 2.24) is 0 Å². The second-order valence-electron chi connectivity index (χ2n) is 6.54. The summed E-state index contributed by atoms with van der Waals surface area (Å²) < 4.78 is 39.0. The van der Waals surface area contributed by atoms with E-state index in [1.54, 1.807) is 30.7 Å². The van der Waals surface area contributed by atoms with Crippen LogP contribution in [-0.2, 0) is 30.9 Å². The molecule has 1 aromatic carbocycles. The molecule has 0 unspecified atom stereocenters. The Kier molecular flexibility index (Phi) is 8.93. The quantitative estimate of drug-likeness (QED) is 0.430. The number of ether oxygens (including phenoxy) is 1. The zero-order chi connectivity index (χ0) is 22.4. The molecule has 1 heterocycles. The normalized spacial score (nSPS) is 10.7. The van der Waals surface area contributed by atoms with Gasteiger partial charge in [-0.2, -0.15) is 0 Å². The summed E-state index contributed by atoms with van der Waals surface area (Å²) in [4.78, 5) is 22.5. The minimum atomic E-state index is -4.33. The number of hydrogen-bond acceptors (Lipinski definition) is 7. The molecule has 0 fully saturated rings. The first kappa shape index (κ1) is 24.7. The lowest BCUT2D eigenvalue weighted by Gasteiger charge is -2.14. The maximum atomic E-state index is 10.9. The third kappa shape index (κ3) is 7.92. The first-order chi connectivity index (χ1) is 13.3. The third-order valence-corrected chi connectivity index (χ3v) is 6.08. The monoisotopic (exact) mass is 442 g/mol. The molecular weight excluding hydrogens is 416 g/mol. The summed E-state index contributed by atoms with van der Waals surface area (Å²) in [6, 6.07) is 3.38. The molecule has 0 radical (unpaired) electrons. The minimum absolute atomic E-state index is 0.0851. The molecule has 0 atom stereocenters. The summed E-state index contributed by atoms with van der Waals surface area (Å²) in [6.07, 6.45) is 0.669. The highest BCUT2D eigenvalue weighted by Gasteiger charge is 2.16. The van der Waals surface area contributed by atoms with Crippen LogP contribution < -0.4 is 10.1 Å². The Balaban J connectivity index is 0.000000296. The standard InChI is InChI=1S/C10H14N2O3S.C9H12O3S/c1-7-10(4-5-15-9(3)14)16-6-12(7)11-8(2)13;1-6-4-7(2)9(8(3)5-6)13(10,11)12/h6H,4-5H2,1-3H3;4-5H,1-3H3,(H,10,11,12). The molecule has 0 aliphatic rings. The van der Waals surface area contributed by atoms with Crippen LogP contribution in [0.5, 0.6) is 0 Å². The number of aromatic nitrogens is 1. The lowest BCUT2D eigenvalue weighted by Crippen LogP contribution is -2.48. The van der Waals surface area contributed by atoms with Gasteiger partial charge in [0, 0.05) is 27.2 Å². The van der Waals surface area contributed by atoms with Gasteiger partial charge in [0.2, 0.25) is 5.69 Å². The van der Waals surface area contributed by atoms with E-state index in [-0.39, 0.29) is 16.8 Å². The highest BCUT2D eigenvalue weighted by atomic mass is 32.2. The number of benzene rings is 1. The molecule has 1 amide bonds. The van der Waals surface area contributed by atoms with Crippen molar-refractivity contribution in [2.24, 2.45) is 0 Å². The first-order valence-corrected chi connectivity index (χ1v) is 11.0. The van der Waals surface area contributed by atoms with Crippen molar-refractivity contribution in [1.29, 1.82) is 0 Å². The summed E-state index contributed by atoms with van der Waals surface area (Å²) in [5.74, 6) is -0.388. The van der Waals surface area contributed by atoms with Crippen LogP contribution in [0.4, 0.5) is 0 Å². The molecule has 0 saturated carbocycles. The Labute approximate surface area is 175 Å². The van der Waals surface area contributed by atoms with Crippen LogP contribution in [0.3, 0.4) is 0 Å². The first-order valence-electron chi connectivity index (χ1n) is 8.76. The molecule has 2 rings (SSSR count). The van der Waals surface area contributed by atoms with Gasteiger partial charge in [-0.3, -0.25) is 9.59 Å². The highest BCUT2D eigenvalue weighted by Crippen LogP contribution is 2.20. The zero-order valence-electron chi connectivity index (χ0n) is 17.4. The van der Waals surface area contributed by atoms with E-state index >= 15 is 0 Å². The SMILES string of the molecule is CC(=O)N[n+]1csc(CCOC(C)=O)c1C.Cc1cc(C)c(S(=O)(=O)[O-])c(C)c1. The molecule has 0 bridgehead atoms. The molecule has 0 spiro atoms. The van der Waals surface area contributed by atoms with Gasteiger partial charge in [0.15, 0.2) is 0 Å². The van der Waals surface area contributed by atoms with E-state index in [4.69, 9.17) is 4.74 Å². The van der Waals surface area contributed by atoms with E-state index in [0.29, 0.717) is 24.2 Å². The number of hydrogen-bond donors (Lipinski definition) is 1. The van der Waals surface area contributed by atoms with Crippen LogP contribution in [0, 0.1) is 27.7 Å². The topological polar surface area (TPSA) is 116 Å². The lowest BCUT2D eigenvalue weighted by molar-refractivity contribution is -0.643. The number of esters is 1. The van der Waals surface area contributed by atoms with Crippen LogP contribution in [0.25, 0.3) is 0 Å². The van der Waals surface area contributed by atoms with Gasteiger partial charge in [0.25, 0.3) is 11.4 Å². The van der Waals surface area contributed by atoms with E-state index < -0.39 is 10.1 Å². The third-order valence-electron chi connectivity index (χ3n) is 3.83. The Bertz CT molecular complexity index is 973. The summed E-state index contributed by atoms with van der Waals surface area (Å²) in [5.41, 5.74) is 7.46. The summed E-state index contributed by atoms with van der Waals surface area (Å²) in [6.45, 7) is 10.3. The summed E-state index contributed by atoms with van der Waals surface area (Å²) in [5, 5.41) is 0. The number of aryl methyl sites for hydroxylation is 3. The van der Waals surface area contributed by atoms with Gasteiger partial charge in [0.1, 0.15) is 10.1 Å². The van der Waals surface area contributed by atoms with Crippen molar-refractivity contribution in [2.45, 2.75) is 52.9 Å². The van der Waals surface area contributed by atoms with Crippen LogP contribution in [-0.4, -0.2) is 31.5 Å². The van der Waals surface area contributed by atoms with E-state index in [0.717, 1.165) is 16.1 Å². The molecule has 0 saturated heterocycles. The Morgan fingerprint density at radius 1 is 1.14 bits per heavy atom. The van der Waals surface area contributed by atoms with Crippen LogP contribution in [0.2, 0.25) is 0 Å². The second-order valence-corrected chi connectivity index (χ2v) is 8.80. The molecular formula is C19H26N2O6S2.